The molecule has 0 aliphatic heterocycles. The first-order valence-corrected chi connectivity index (χ1v) is 9.45. The van der Waals surface area contributed by atoms with E-state index in [0.29, 0.717) is 34.8 Å². The molecule has 0 saturated heterocycles. The predicted molar refractivity (Wildman–Crippen MR) is 110 cm³/mol. The quantitative estimate of drug-likeness (QED) is 0.430. The molecule has 0 aliphatic rings. The molecule has 0 aliphatic carbocycles. The van der Waals surface area contributed by atoms with Crippen LogP contribution >= 0.6 is 0 Å². The van der Waals surface area contributed by atoms with E-state index >= 15 is 0 Å². The minimum Gasteiger partial charge on any atom is -0.493 e. The molecule has 3 rings (SSSR count). The third-order valence-electron chi connectivity index (χ3n) is 4.74. The molecule has 0 amide bonds. The van der Waals surface area contributed by atoms with E-state index in [0.717, 1.165) is 22.9 Å². The molecule has 0 N–H and O–H groups in total. The normalized spacial score (nSPS) is 10.8. The maximum atomic E-state index is 12.5. The van der Waals surface area contributed by atoms with E-state index in [1.807, 2.05) is 32.9 Å². The minimum atomic E-state index is -0.518. The standard InChI is InChI=1S/C23H24O6/c1-5-10-27-19-9-7-16(11-20(19)26-4)23(25)28-13-17-12-21(24)29-22-15(3)14(2)6-8-18(17)22/h6-9,11-12H,5,10,13H2,1-4H3. The molecule has 0 bridgehead atoms. The van der Waals surface area contributed by atoms with Gasteiger partial charge in [-0.1, -0.05) is 19.1 Å². The van der Waals surface area contributed by atoms with Crippen molar-refractivity contribution in [2.24, 2.45) is 0 Å². The van der Waals surface area contributed by atoms with E-state index in [4.69, 9.17) is 18.6 Å². The van der Waals surface area contributed by atoms with E-state index in [-0.39, 0.29) is 6.61 Å². The number of esters is 1. The fraction of sp³-hybridized carbons (Fsp3) is 0.304. The largest absolute Gasteiger partial charge is 0.493 e. The van der Waals surface area contributed by atoms with Gasteiger partial charge in [-0.05, 0) is 49.6 Å². The summed E-state index contributed by atoms with van der Waals surface area (Å²) in [5.74, 6) is 0.517. The van der Waals surface area contributed by atoms with Gasteiger partial charge in [-0.15, -0.1) is 0 Å². The van der Waals surface area contributed by atoms with Crippen molar-refractivity contribution in [3.8, 4) is 11.5 Å². The van der Waals surface area contributed by atoms with E-state index in [1.54, 1.807) is 18.2 Å². The Kier molecular flexibility index (Phi) is 6.22. The molecule has 1 aromatic heterocycles. The number of carbonyl (C=O) groups is 1. The third kappa shape index (κ3) is 4.42. The summed E-state index contributed by atoms with van der Waals surface area (Å²) < 4.78 is 21.7. The first kappa shape index (κ1) is 20.5. The van der Waals surface area contributed by atoms with Gasteiger partial charge in [0.2, 0.25) is 0 Å². The summed E-state index contributed by atoms with van der Waals surface area (Å²) in [6.45, 7) is 6.37. The summed E-state index contributed by atoms with van der Waals surface area (Å²) in [6, 6.07) is 10.1. The summed E-state index contributed by atoms with van der Waals surface area (Å²) >= 11 is 0. The molecule has 6 heteroatoms. The van der Waals surface area contributed by atoms with Gasteiger partial charge in [0.15, 0.2) is 11.5 Å². The lowest BCUT2D eigenvalue weighted by atomic mass is 10.0. The molecule has 0 spiro atoms. The molecule has 152 valence electrons. The fourth-order valence-electron chi connectivity index (χ4n) is 3.00. The highest BCUT2D eigenvalue weighted by Gasteiger charge is 2.15. The first-order chi connectivity index (χ1) is 13.9. The second-order valence-electron chi connectivity index (χ2n) is 6.77. The van der Waals surface area contributed by atoms with Crippen molar-refractivity contribution in [1.82, 2.24) is 0 Å². The smallest absolute Gasteiger partial charge is 0.338 e. The highest BCUT2D eigenvalue weighted by Crippen LogP contribution is 2.29. The maximum absolute atomic E-state index is 12.5. The van der Waals surface area contributed by atoms with Gasteiger partial charge in [0.05, 0.1) is 19.3 Å². The summed E-state index contributed by atoms with van der Waals surface area (Å²) in [7, 11) is 1.52. The van der Waals surface area contributed by atoms with E-state index in [2.05, 4.69) is 0 Å². The van der Waals surface area contributed by atoms with E-state index in [1.165, 1.54) is 13.2 Å². The Morgan fingerprint density at radius 1 is 1.07 bits per heavy atom. The molecule has 2 aromatic carbocycles. The van der Waals surface area contributed by atoms with Crippen LogP contribution in [0.5, 0.6) is 11.5 Å². The molecule has 0 saturated carbocycles. The van der Waals surface area contributed by atoms with Crippen molar-refractivity contribution in [3.05, 3.63) is 69.1 Å². The number of hydrogen-bond donors (Lipinski definition) is 0. The van der Waals surface area contributed by atoms with Crippen molar-refractivity contribution in [2.45, 2.75) is 33.8 Å². The SMILES string of the molecule is CCCOc1ccc(C(=O)OCc2cc(=O)oc3c(C)c(C)ccc23)cc1OC. The highest BCUT2D eigenvalue weighted by molar-refractivity contribution is 5.90. The van der Waals surface area contributed by atoms with Crippen molar-refractivity contribution >= 4 is 16.9 Å². The lowest BCUT2D eigenvalue weighted by Crippen LogP contribution is -2.09. The number of carbonyl (C=O) groups excluding carboxylic acids is 1. The van der Waals surface area contributed by atoms with Crippen molar-refractivity contribution in [3.63, 3.8) is 0 Å². The third-order valence-corrected chi connectivity index (χ3v) is 4.74. The van der Waals surface area contributed by atoms with Gasteiger partial charge in [0.1, 0.15) is 12.2 Å². The molecule has 29 heavy (non-hydrogen) atoms. The van der Waals surface area contributed by atoms with Crippen LogP contribution in [-0.4, -0.2) is 19.7 Å². The monoisotopic (exact) mass is 396 g/mol. The number of aryl methyl sites for hydroxylation is 2. The van der Waals surface area contributed by atoms with Gasteiger partial charge in [-0.3, -0.25) is 0 Å². The summed E-state index contributed by atoms with van der Waals surface area (Å²) in [4.78, 5) is 24.5. The summed E-state index contributed by atoms with van der Waals surface area (Å²) in [6.07, 6.45) is 0.866. The average molecular weight is 396 g/mol. The highest BCUT2D eigenvalue weighted by atomic mass is 16.5. The van der Waals surface area contributed by atoms with Crippen LogP contribution in [0, 0.1) is 13.8 Å². The van der Waals surface area contributed by atoms with Crippen LogP contribution in [0.3, 0.4) is 0 Å². The molecule has 0 atom stereocenters. The molecule has 0 fully saturated rings. The Morgan fingerprint density at radius 2 is 1.86 bits per heavy atom. The molecular formula is C23H24O6. The zero-order chi connectivity index (χ0) is 21.0. The second-order valence-corrected chi connectivity index (χ2v) is 6.77. The van der Waals surface area contributed by atoms with Gasteiger partial charge >= 0.3 is 11.6 Å². The maximum Gasteiger partial charge on any atom is 0.338 e. The number of benzene rings is 2. The lowest BCUT2D eigenvalue weighted by molar-refractivity contribution is 0.0473. The molecule has 3 aromatic rings. The Hall–Kier alpha value is -3.28. The van der Waals surface area contributed by atoms with Crippen LogP contribution in [0.25, 0.3) is 11.0 Å². The average Bonchev–Trinajstić information content (AvgIpc) is 2.73. The van der Waals surface area contributed by atoms with Crippen molar-refractivity contribution < 1.29 is 23.4 Å². The Bertz CT molecular complexity index is 1100. The first-order valence-electron chi connectivity index (χ1n) is 9.45. The van der Waals surface area contributed by atoms with Gasteiger partial charge in [0.25, 0.3) is 0 Å². The predicted octanol–water partition coefficient (Wildman–Crippen LogP) is 4.56. The van der Waals surface area contributed by atoms with E-state index < -0.39 is 11.6 Å². The van der Waals surface area contributed by atoms with Gasteiger partial charge in [0, 0.05) is 17.0 Å². The number of ether oxygens (including phenoxy) is 3. The van der Waals surface area contributed by atoms with E-state index in [9.17, 15) is 9.59 Å². The number of hydrogen-bond acceptors (Lipinski definition) is 6. The second kappa shape index (κ2) is 8.82. The molecule has 0 unspecified atom stereocenters. The van der Waals surface area contributed by atoms with Crippen molar-refractivity contribution in [1.29, 1.82) is 0 Å². The zero-order valence-corrected chi connectivity index (χ0v) is 17.0. The summed E-state index contributed by atoms with van der Waals surface area (Å²) in [5.41, 5.74) is 2.89. The molecule has 1 heterocycles. The molecular weight excluding hydrogens is 372 g/mol. The van der Waals surface area contributed by atoms with Gasteiger partial charge in [-0.25, -0.2) is 9.59 Å². The minimum absolute atomic E-state index is 0.0418. The van der Waals surface area contributed by atoms with Crippen LogP contribution in [0.1, 0.15) is 40.4 Å². The van der Waals surface area contributed by atoms with Crippen LogP contribution < -0.4 is 15.1 Å². The Balaban J connectivity index is 1.82. The zero-order valence-electron chi connectivity index (χ0n) is 17.0. The molecule has 0 radical (unpaired) electrons. The fourth-order valence-corrected chi connectivity index (χ4v) is 3.00. The van der Waals surface area contributed by atoms with Crippen LogP contribution in [-0.2, 0) is 11.3 Å². The number of fused-ring (bicyclic) bond motifs is 1. The number of rotatable bonds is 7. The Morgan fingerprint density at radius 3 is 2.59 bits per heavy atom. The van der Waals surface area contributed by atoms with Crippen molar-refractivity contribution in [2.75, 3.05) is 13.7 Å². The lowest BCUT2D eigenvalue weighted by Gasteiger charge is -2.12. The van der Waals surface area contributed by atoms with Crippen LogP contribution in [0.15, 0.2) is 45.6 Å². The van der Waals surface area contributed by atoms with Crippen LogP contribution in [0.4, 0.5) is 0 Å². The number of methoxy groups -OCH3 is 1. The molecule has 6 nitrogen and oxygen atoms in total. The van der Waals surface area contributed by atoms with Crippen LogP contribution in [0.2, 0.25) is 0 Å². The summed E-state index contributed by atoms with van der Waals surface area (Å²) in [5, 5.41) is 0.751. The van der Waals surface area contributed by atoms with Gasteiger partial charge < -0.3 is 18.6 Å². The van der Waals surface area contributed by atoms with Gasteiger partial charge in [-0.2, -0.15) is 0 Å². The topological polar surface area (TPSA) is 75.0 Å². The Labute approximate surface area is 169 Å².